The Kier molecular flexibility index (Phi) is 54.3. The van der Waals surface area contributed by atoms with Gasteiger partial charge in [0.15, 0.2) is 0 Å². The van der Waals surface area contributed by atoms with Crippen molar-refractivity contribution in [2.45, 2.75) is 321 Å². The topological polar surface area (TPSA) is 59.0 Å². The molecule has 0 aromatic carbocycles. The summed E-state index contributed by atoms with van der Waals surface area (Å²) in [6.45, 7) is 8.70. The smallest absolute Gasteiger partial charge is 0.305 e. The summed E-state index contributed by atoms with van der Waals surface area (Å²) in [5, 5.41) is 12.6. The van der Waals surface area contributed by atoms with Gasteiger partial charge in [0.05, 0.1) is 18.3 Å². The summed E-state index contributed by atoms with van der Waals surface area (Å²) in [5.74, 6) is -0.133. The number of ether oxygens (including phenoxy) is 2. The monoisotopic (exact) mass is 968 g/mol. The summed E-state index contributed by atoms with van der Waals surface area (Å²) in [4.78, 5) is 14.8. The molecule has 0 aromatic rings. The molecule has 69 heavy (non-hydrogen) atoms. The van der Waals surface area contributed by atoms with Gasteiger partial charge in [0.25, 0.3) is 0 Å². The zero-order valence-corrected chi connectivity index (χ0v) is 47.3. The number of esters is 1. The van der Waals surface area contributed by atoms with Crippen LogP contribution in [0.5, 0.6) is 0 Å². The molecule has 0 radical (unpaired) electrons. The Balaban J connectivity index is 5.12. The minimum atomic E-state index is -0.892. The molecular weight excluding hydrogens is 847 g/mol. The maximum Gasteiger partial charge on any atom is 0.305 e. The fourth-order valence-corrected chi connectivity index (χ4v) is 9.52. The van der Waals surface area contributed by atoms with Gasteiger partial charge in [-0.25, -0.2) is 0 Å². The Morgan fingerprint density at radius 2 is 0.768 bits per heavy atom. The number of nitrogens with zero attached hydrogens (tertiary/aromatic N) is 1. The summed E-state index contributed by atoms with van der Waals surface area (Å²) < 4.78 is 12.5. The highest BCUT2D eigenvalue weighted by atomic mass is 16.5. The second-order valence-corrected chi connectivity index (χ2v) is 21.3. The van der Waals surface area contributed by atoms with Crippen molar-refractivity contribution >= 4 is 5.97 Å². The first-order valence-corrected chi connectivity index (χ1v) is 30.6. The third kappa shape index (κ3) is 51.0. The molecule has 5 heteroatoms. The van der Waals surface area contributed by atoms with Gasteiger partial charge < -0.3 is 19.5 Å². The van der Waals surface area contributed by atoms with Crippen LogP contribution in [0.4, 0.5) is 0 Å². The van der Waals surface area contributed by atoms with Crippen LogP contribution in [-0.2, 0) is 14.3 Å². The van der Waals surface area contributed by atoms with Gasteiger partial charge >= 0.3 is 5.97 Å². The molecule has 0 rings (SSSR count). The van der Waals surface area contributed by atoms with Gasteiger partial charge in [-0.15, -0.1) is 0 Å². The number of aliphatic hydroxyl groups is 1. The SMILES string of the molecule is CCCCC/C=C\C/C=C\CCCCCCCCOC(CCOC(=O)CCCN(C)C)C(O)(CCCCCCCC/C=C\CCCCCCCC)CCCCCCCC/C=C\CCCCCCCC. The molecule has 0 aliphatic rings. The molecule has 1 N–H and O–H groups in total. The first-order chi connectivity index (χ1) is 33.9. The van der Waals surface area contributed by atoms with E-state index >= 15 is 0 Å². The highest BCUT2D eigenvalue weighted by Crippen LogP contribution is 2.31. The van der Waals surface area contributed by atoms with Gasteiger partial charge in [-0.1, -0.05) is 236 Å². The quantitative estimate of drug-likeness (QED) is 0.0374. The van der Waals surface area contributed by atoms with Crippen molar-refractivity contribution in [3.63, 3.8) is 0 Å². The molecule has 0 fully saturated rings. The first kappa shape index (κ1) is 67.3. The molecule has 0 bridgehead atoms. The molecule has 0 amide bonds. The van der Waals surface area contributed by atoms with Gasteiger partial charge in [0.1, 0.15) is 0 Å². The lowest BCUT2D eigenvalue weighted by Gasteiger charge is -2.37. The number of rotatable bonds is 56. The van der Waals surface area contributed by atoms with E-state index in [4.69, 9.17) is 9.47 Å². The predicted octanol–water partition coefficient (Wildman–Crippen LogP) is 20.0. The average molecular weight is 969 g/mol. The maximum absolute atomic E-state index is 12.7. The lowest BCUT2D eigenvalue weighted by atomic mass is 9.83. The Labute approximate surface area is 432 Å². The molecule has 1 atom stereocenters. The molecule has 0 aliphatic carbocycles. The van der Waals surface area contributed by atoms with Crippen molar-refractivity contribution in [2.24, 2.45) is 0 Å². The van der Waals surface area contributed by atoms with Crippen LogP contribution in [0, 0.1) is 0 Å². The summed E-state index contributed by atoms with van der Waals surface area (Å²) >= 11 is 0. The van der Waals surface area contributed by atoms with Crippen LogP contribution in [0.25, 0.3) is 0 Å². The van der Waals surface area contributed by atoms with E-state index in [2.05, 4.69) is 74.3 Å². The van der Waals surface area contributed by atoms with Gasteiger partial charge in [0.2, 0.25) is 0 Å². The number of carbonyl (C=O) groups is 1. The van der Waals surface area contributed by atoms with Crippen LogP contribution < -0.4 is 0 Å². The molecular formula is C64H121NO4. The van der Waals surface area contributed by atoms with Crippen molar-refractivity contribution in [3.05, 3.63) is 48.6 Å². The van der Waals surface area contributed by atoms with Crippen LogP contribution >= 0.6 is 0 Å². The van der Waals surface area contributed by atoms with Crippen molar-refractivity contribution < 1.29 is 19.4 Å². The molecule has 0 spiro atoms. The van der Waals surface area contributed by atoms with E-state index in [1.165, 1.54) is 212 Å². The van der Waals surface area contributed by atoms with E-state index < -0.39 is 5.60 Å². The van der Waals surface area contributed by atoms with Crippen LogP contribution in [-0.4, -0.2) is 61.5 Å². The third-order valence-electron chi connectivity index (χ3n) is 14.1. The minimum absolute atomic E-state index is 0.133. The maximum atomic E-state index is 12.7. The highest BCUT2D eigenvalue weighted by molar-refractivity contribution is 5.69. The molecule has 0 heterocycles. The van der Waals surface area contributed by atoms with Crippen LogP contribution in [0.3, 0.4) is 0 Å². The number of carbonyl (C=O) groups excluding carboxylic acids is 1. The zero-order chi connectivity index (χ0) is 50.2. The molecule has 0 saturated carbocycles. The summed E-state index contributed by atoms with van der Waals surface area (Å²) in [6, 6.07) is 0. The molecule has 0 aromatic heterocycles. The Hall–Kier alpha value is -1.69. The van der Waals surface area contributed by atoms with Crippen LogP contribution in [0.1, 0.15) is 310 Å². The Morgan fingerprint density at radius 3 is 1.17 bits per heavy atom. The van der Waals surface area contributed by atoms with E-state index in [0.717, 1.165) is 70.8 Å². The number of hydrogen-bond acceptors (Lipinski definition) is 5. The Morgan fingerprint density at radius 1 is 0.435 bits per heavy atom. The summed E-state index contributed by atoms with van der Waals surface area (Å²) in [7, 11) is 4.08. The summed E-state index contributed by atoms with van der Waals surface area (Å²) in [6.07, 6.45) is 72.6. The van der Waals surface area contributed by atoms with Gasteiger partial charge in [-0.05, 0) is 130 Å². The zero-order valence-electron chi connectivity index (χ0n) is 47.3. The normalized spacial score (nSPS) is 12.9. The van der Waals surface area contributed by atoms with E-state index in [9.17, 15) is 9.90 Å². The van der Waals surface area contributed by atoms with E-state index in [1.807, 2.05) is 14.1 Å². The molecule has 0 aliphatic heterocycles. The standard InChI is InChI=1S/C64H121NO4/c1-6-9-12-15-18-21-24-27-30-33-36-39-42-45-48-51-57-64(67,58-52-49-46-43-40-37-34-31-28-25-22-19-16-13-10-7-2)62(56-61-69-63(66)55-54-59-65(4)5)68-60-53-50-47-44-41-38-35-32-29-26-23-20-17-14-11-8-3/h20,23,27-32,62,67H,6-19,21-22,24-26,33-61H2,1-5H3/b23-20-,30-27-,31-28-,32-29-. The van der Waals surface area contributed by atoms with Crippen molar-refractivity contribution in [1.82, 2.24) is 4.90 Å². The number of allylic oxidation sites excluding steroid dienone is 8. The third-order valence-corrected chi connectivity index (χ3v) is 14.1. The molecule has 5 nitrogen and oxygen atoms in total. The number of unbranched alkanes of at least 4 members (excludes halogenated alkanes) is 33. The fraction of sp³-hybridized carbons (Fsp3) is 0.859. The largest absolute Gasteiger partial charge is 0.466 e. The number of hydrogen-bond donors (Lipinski definition) is 1. The first-order valence-electron chi connectivity index (χ1n) is 30.6. The Bertz CT molecular complexity index is 1100. The average Bonchev–Trinajstić information content (AvgIpc) is 3.34. The fourth-order valence-electron chi connectivity index (χ4n) is 9.52. The predicted molar refractivity (Wildman–Crippen MR) is 306 cm³/mol. The van der Waals surface area contributed by atoms with Crippen molar-refractivity contribution in [3.8, 4) is 0 Å². The van der Waals surface area contributed by atoms with E-state index in [-0.39, 0.29) is 12.1 Å². The van der Waals surface area contributed by atoms with Gasteiger partial charge in [-0.3, -0.25) is 4.79 Å². The van der Waals surface area contributed by atoms with Gasteiger partial charge in [0, 0.05) is 19.4 Å². The van der Waals surface area contributed by atoms with Gasteiger partial charge in [-0.2, -0.15) is 0 Å². The lowest BCUT2D eigenvalue weighted by molar-refractivity contribution is -0.150. The second kappa shape index (κ2) is 55.6. The van der Waals surface area contributed by atoms with Crippen molar-refractivity contribution in [1.29, 1.82) is 0 Å². The van der Waals surface area contributed by atoms with Crippen LogP contribution in [0.2, 0.25) is 0 Å². The second-order valence-electron chi connectivity index (χ2n) is 21.3. The lowest BCUT2D eigenvalue weighted by Crippen LogP contribution is -2.45. The van der Waals surface area contributed by atoms with E-state index in [0.29, 0.717) is 26.1 Å². The van der Waals surface area contributed by atoms with Crippen LogP contribution in [0.15, 0.2) is 48.6 Å². The minimum Gasteiger partial charge on any atom is -0.466 e. The van der Waals surface area contributed by atoms with Crippen molar-refractivity contribution in [2.75, 3.05) is 33.9 Å². The highest BCUT2D eigenvalue weighted by Gasteiger charge is 2.36. The molecule has 406 valence electrons. The molecule has 1 unspecified atom stereocenters. The molecule has 0 saturated heterocycles. The van der Waals surface area contributed by atoms with E-state index in [1.54, 1.807) is 0 Å². The summed E-state index contributed by atoms with van der Waals surface area (Å²) in [5.41, 5.74) is -0.892.